The van der Waals surface area contributed by atoms with Crippen molar-refractivity contribution in [3.8, 4) is 0 Å². The van der Waals surface area contributed by atoms with E-state index in [2.05, 4.69) is 4.74 Å². The molecular formula is C14H24F2O6. The molecule has 0 amide bonds. The number of halogens is 2. The molecule has 2 rings (SSSR count). The Hall–Kier alpha value is -0.670. The summed E-state index contributed by atoms with van der Waals surface area (Å²) in [4.78, 5) is 10.9. The lowest BCUT2D eigenvalue weighted by Crippen LogP contribution is -2.29. The molecular weight excluding hydrogens is 302 g/mol. The van der Waals surface area contributed by atoms with Gasteiger partial charge in [-0.1, -0.05) is 13.8 Å². The number of aliphatic hydroxyl groups excluding tert-OH is 1. The van der Waals surface area contributed by atoms with Crippen LogP contribution in [0.25, 0.3) is 0 Å². The second kappa shape index (κ2) is 8.83. The van der Waals surface area contributed by atoms with E-state index in [0.29, 0.717) is 12.8 Å². The first-order chi connectivity index (χ1) is 10.4. The second-order valence-electron chi connectivity index (χ2n) is 5.08. The van der Waals surface area contributed by atoms with Crippen LogP contribution in [0, 0.1) is 0 Å². The van der Waals surface area contributed by atoms with E-state index in [1.165, 1.54) is 14.2 Å². The van der Waals surface area contributed by atoms with Gasteiger partial charge in [-0.2, -0.15) is 0 Å². The highest BCUT2D eigenvalue weighted by atomic mass is 19.1. The maximum absolute atomic E-state index is 13.0. The van der Waals surface area contributed by atoms with Crippen molar-refractivity contribution >= 4 is 5.78 Å². The van der Waals surface area contributed by atoms with Gasteiger partial charge in [0, 0.05) is 14.2 Å². The zero-order valence-corrected chi connectivity index (χ0v) is 13.2. The zero-order chi connectivity index (χ0) is 16.9. The van der Waals surface area contributed by atoms with Gasteiger partial charge >= 0.3 is 0 Å². The molecule has 0 aromatic heterocycles. The van der Waals surface area contributed by atoms with Crippen molar-refractivity contribution in [1.29, 1.82) is 0 Å². The van der Waals surface area contributed by atoms with Gasteiger partial charge in [0.2, 0.25) is 12.1 Å². The summed E-state index contributed by atoms with van der Waals surface area (Å²) in [5.74, 6) is -0.598. The van der Waals surface area contributed by atoms with Crippen LogP contribution in [0.5, 0.6) is 0 Å². The fourth-order valence-electron chi connectivity index (χ4n) is 2.30. The highest BCUT2D eigenvalue weighted by Crippen LogP contribution is 2.26. The van der Waals surface area contributed by atoms with Gasteiger partial charge in [0.15, 0.2) is 18.6 Å². The Morgan fingerprint density at radius 3 is 1.95 bits per heavy atom. The van der Waals surface area contributed by atoms with E-state index in [9.17, 15) is 13.6 Å². The smallest absolute Gasteiger partial charge is 0.225 e. The first kappa shape index (κ1) is 19.4. The fraction of sp³-hybridized carbons (Fsp3) is 0.929. The first-order valence-electron chi connectivity index (χ1n) is 7.27. The van der Waals surface area contributed by atoms with Crippen molar-refractivity contribution in [2.45, 2.75) is 69.9 Å². The minimum Gasteiger partial charge on any atom is -0.385 e. The highest BCUT2D eigenvalue weighted by Gasteiger charge is 2.43. The van der Waals surface area contributed by atoms with E-state index in [0.717, 1.165) is 0 Å². The molecule has 0 spiro atoms. The van der Waals surface area contributed by atoms with Gasteiger partial charge in [0.05, 0.1) is 12.2 Å². The van der Waals surface area contributed by atoms with Crippen LogP contribution in [0.15, 0.2) is 0 Å². The van der Waals surface area contributed by atoms with E-state index in [-0.39, 0.29) is 0 Å². The van der Waals surface area contributed by atoms with Crippen molar-refractivity contribution in [3.63, 3.8) is 0 Å². The molecule has 0 aliphatic carbocycles. The third-order valence-corrected chi connectivity index (χ3v) is 3.65. The fourth-order valence-corrected chi connectivity index (χ4v) is 2.30. The summed E-state index contributed by atoms with van der Waals surface area (Å²) in [5.41, 5.74) is 0. The lowest BCUT2D eigenvalue weighted by atomic mass is 10.1. The van der Waals surface area contributed by atoms with Crippen molar-refractivity contribution in [3.05, 3.63) is 0 Å². The quantitative estimate of drug-likeness (QED) is 0.835. The van der Waals surface area contributed by atoms with Crippen LogP contribution in [-0.2, 0) is 23.7 Å². The molecule has 0 aromatic carbocycles. The number of carbonyl (C=O) groups is 1. The van der Waals surface area contributed by atoms with E-state index >= 15 is 0 Å². The Balaban J connectivity index is 0.000000220. The summed E-state index contributed by atoms with van der Waals surface area (Å²) < 4.78 is 45.1. The average Bonchev–Trinajstić information content (AvgIpc) is 2.98. The summed E-state index contributed by atoms with van der Waals surface area (Å²) in [6.45, 7) is 3.57. The number of rotatable bonds is 4. The monoisotopic (exact) mass is 326 g/mol. The minimum atomic E-state index is -1.51. The predicted molar refractivity (Wildman–Crippen MR) is 72.7 cm³/mol. The van der Waals surface area contributed by atoms with Crippen LogP contribution in [0.4, 0.5) is 8.78 Å². The number of hydrogen-bond acceptors (Lipinski definition) is 6. The lowest BCUT2D eigenvalue weighted by Gasteiger charge is -2.10. The summed E-state index contributed by atoms with van der Waals surface area (Å²) in [7, 11) is 2.71. The summed E-state index contributed by atoms with van der Waals surface area (Å²) in [6, 6.07) is 0. The molecule has 1 N–H and O–H groups in total. The number of ketones is 1. The molecule has 0 unspecified atom stereocenters. The summed E-state index contributed by atoms with van der Waals surface area (Å²) in [6.07, 6.45) is -5.84. The molecule has 2 aliphatic heterocycles. The van der Waals surface area contributed by atoms with Crippen LogP contribution in [0.1, 0.15) is 26.7 Å². The zero-order valence-electron chi connectivity index (χ0n) is 13.2. The number of carbonyl (C=O) groups excluding carboxylic acids is 1. The Kier molecular flexibility index (Phi) is 7.78. The number of methoxy groups -OCH3 is 2. The normalized spacial score (nSPS) is 41.4. The number of Topliss-reactive ketones (excluding diaryl/α,β-unsaturated/α-hetero) is 1. The lowest BCUT2D eigenvalue weighted by molar-refractivity contribution is -0.150. The van der Waals surface area contributed by atoms with Gasteiger partial charge in [-0.15, -0.1) is 0 Å². The number of ether oxygens (including phenoxy) is 4. The second-order valence-corrected chi connectivity index (χ2v) is 5.08. The number of alkyl halides is 2. The molecule has 0 bridgehead atoms. The molecule has 0 aromatic rings. The first-order valence-corrected chi connectivity index (χ1v) is 7.27. The number of aliphatic hydroxyl groups is 1. The van der Waals surface area contributed by atoms with Crippen molar-refractivity contribution in [1.82, 2.24) is 0 Å². The molecule has 22 heavy (non-hydrogen) atoms. The largest absolute Gasteiger partial charge is 0.385 e. The summed E-state index contributed by atoms with van der Waals surface area (Å²) in [5, 5.41) is 9.13. The SMILES string of the molecule is CC[C@H]1O[C@H](OC)C(=O)[C@@H]1F.CC[C@H]1O[C@H](OC)[C@H](O)[C@@H]1F. The third-order valence-electron chi connectivity index (χ3n) is 3.65. The van der Waals surface area contributed by atoms with Crippen molar-refractivity contribution in [2.75, 3.05) is 14.2 Å². The van der Waals surface area contributed by atoms with E-state index in [1.54, 1.807) is 6.92 Å². The topological polar surface area (TPSA) is 74.2 Å². The van der Waals surface area contributed by atoms with E-state index < -0.39 is 49.0 Å². The minimum absolute atomic E-state index is 0.493. The molecule has 6 nitrogen and oxygen atoms in total. The molecule has 8 heteroatoms. The molecule has 2 aliphatic rings. The van der Waals surface area contributed by atoms with Gasteiger partial charge in [0.1, 0.15) is 6.10 Å². The van der Waals surface area contributed by atoms with Crippen LogP contribution in [0.2, 0.25) is 0 Å². The van der Waals surface area contributed by atoms with Crippen LogP contribution >= 0.6 is 0 Å². The van der Waals surface area contributed by atoms with Crippen LogP contribution in [-0.4, -0.2) is 68.3 Å². The van der Waals surface area contributed by atoms with Crippen LogP contribution in [0.3, 0.4) is 0 Å². The Morgan fingerprint density at radius 1 is 1.09 bits per heavy atom. The number of hydrogen-bond donors (Lipinski definition) is 1. The van der Waals surface area contributed by atoms with Gasteiger partial charge in [-0.3, -0.25) is 4.79 Å². The molecule has 0 saturated carbocycles. The maximum Gasteiger partial charge on any atom is 0.225 e. The van der Waals surface area contributed by atoms with Gasteiger partial charge in [-0.05, 0) is 12.8 Å². The standard InChI is InChI=1S/C7H13FO3.C7H11FO3/c2*1-3-4-5(8)6(9)7(10-2)11-4/h4-7,9H,3H2,1-2H3;4-5,7H,3H2,1-2H3/t4-,5-,6-,7+;4-,5-,7+/m11/s1. The predicted octanol–water partition coefficient (Wildman–Crippen LogP) is 1.14. The average molecular weight is 326 g/mol. The Bertz CT molecular complexity index is 334. The van der Waals surface area contributed by atoms with Crippen molar-refractivity contribution in [2.24, 2.45) is 0 Å². The maximum atomic E-state index is 13.0. The van der Waals surface area contributed by atoms with Crippen molar-refractivity contribution < 1.29 is 37.6 Å². The van der Waals surface area contributed by atoms with E-state index in [1.807, 2.05) is 6.92 Å². The molecule has 2 heterocycles. The summed E-state index contributed by atoms with van der Waals surface area (Å²) >= 11 is 0. The Labute approximate surface area is 128 Å². The molecule has 130 valence electrons. The molecule has 7 atom stereocenters. The van der Waals surface area contributed by atoms with Gasteiger partial charge in [0.25, 0.3) is 0 Å². The molecule has 2 saturated heterocycles. The molecule has 2 fully saturated rings. The van der Waals surface area contributed by atoms with Gasteiger partial charge < -0.3 is 24.1 Å². The van der Waals surface area contributed by atoms with Crippen LogP contribution < -0.4 is 0 Å². The van der Waals surface area contributed by atoms with E-state index in [4.69, 9.17) is 19.3 Å². The molecule has 0 radical (unpaired) electrons. The Morgan fingerprint density at radius 2 is 1.68 bits per heavy atom. The highest BCUT2D eigenvalue weighted by molar-refractivity contribution is 5.88. The third kappa shape index (κ3) is 4.20. The van der Waals surface area contributed by atoms with Gasteiger partial charge in [-0.25, -0.2) is 8.78 Å².